The van der Waals surface area contributed by atoms with E-state index in [1.54, 1.807) is 0 Å². The summed E-state index contributed by atoms with van der Waals surface area (Å²) in [5.74, 6) is 1.45. The van der Waals surface area contributed by atoms with E-state index in [1.165, 1.54) is 25.7 Å². The monoisotopic (exact) mass is 292 g/mol. The van der Waals surface area contributed by atoms with Crippen molar-refractivity contribution in [3.8, 4) is 0 Å². The number of carbonyl (C=O) groups is 1. The van der Waals surface area contributed by atoms with Crippen LogP contribution in [0.4, 0.5) is 0 Å². The summed E-state index contributed by atoms with van der Waals surface area (Å²) < 4.78 is 0. The molecule has 2 rings (SSSR count). The van der Waals surface area contributed by atoms with Gasteiger partial charge in [-0.15, -0.1) is 12.4 Å². The van der Waals surface area contributed by atoms with Gasteiger partial charge < -0.3 is 10.6 Å². The predicted molar refractivity (Wildman–Crippen MR) is 80.3 cm³/mol. The van der Waals surface area contributed by atoms with Crippen molar-refractivity contribution < 1.29 is 4.79 Å². The number of thioether (sulfide) groups is 1. The van der Waals surface area contributed by atoms with Crippen LogP contribution in [-0.4, -0.2) is 40.4 Å². The largest absolute Gasteiger partial charge is 0.338 e. The first-order valence-electron chi connectivity index (χ1n) is 6.85. The first kappa shape index (κ1) is 16.1. The summed E-state index contributed by atoms with van der Waals surface area (Å²) in [6, 6.07) is 0.656. The zero-order chi connectivity index (χ0) is 12.3. The number of fused-ring (bicyclic) bond motifs is 1. The summed E-state index contributed by atoms with van der Waals surface area (Å²) in [4.78, 5) is 14.4. The molecule has 1 amide bonds. The van der Waals surface area contributed by atoms with Crippen LogP contribution in [0, 0.1) is 0 Å². The predicted octanol–water partition coefficient (Wildman–Crippen LogP) is 2.42. The summed E-state index contributed by atoms with van der Waals surface area (Å²) in [7, 11) is 0. The highest BCUT2D eigenvalue weighted by Gasteiger charge is 2.35. The van der Waals surface area contributed by atoms with Crippen LogP contribution in [0.25, 0.3) is 0 Å². The fraction of sp³-hybridized carbons (Fsp3) is 0.923. The number of halogens is 1. The molecule has 0 bridgehead atoms. The zero-order valence-electron chi connectivity index (χ0n) is 11.1. The lowest BCUT2D eigenvalue weighted by Crippen LogP contribution is -2.51. The Bertz CT molecular complexity index is 274. The Balaban J connectivity index is 0.00000162. The molecule has 0 aromatic carbocycles. The van der Waals surface area contributed by atoms with Crippen LogP contribution in [0.3, 0.4) is 0 Å². The van der Waals surface area contributed by atoms with Crippen molar-refractivity contribution in [3.63, 3.8) is 0 Å². The Morgan fingerprint density at radius 1 is 1.44 bits per heavy atom. The van der Waals surface area contributed by atoms with E-state index < -0.39 is 0 Å². The molecule has 0 aromatic rings. The molecular weight excluding hydrogens is 268 g/mol. The molecule has 3 nitrogen and oxygen atoms in total. The molecule has 106 valence electrons. The van der Waals surface area contributed by atoms with Gasteiger partial charge in [0.15, 0.2) is 0 Å². The quantitative estimate of drug-likeness (QED) is 0.869. The van der Waals surface area contributed by atoms with E-state index in [2.05, 4.69) is 16.7 Å². The van der Waals surface area contributed by atoms with E-state index in [4.69, 9.17) is 5.73 Å². The minimum Gasteiger partial charge on any atom is -0.338 e. The molecule has 2 N–H and O–H groups in total. The fourth-order valence-electron chi connectivity index (χ4n) is 2.90. The van der Waals surface area contributed by atoms with Crippen molar-refractivity contribution in [2.24, 2.45) is 5.73 Å². The average molecular weight is 293 g/mol. The van der Waals surface area contributed by atoms with Crippen LogP contribution in [0.15, 0.2) is 0 Å². The zero-order valence-corrected chi connectivity index (χ0v) is 12.8. The Labute approximate surface area is 121 Å². The topological polar surface area (TPSA) is 46.3 Å². The van der Waals surface area contributed by atoms with E-state index >= 15 is 0 Å². The van der Waals surface area contributed by atoms with E-state index in [0.717, 1.165) is 18.7 Å². The lowest BCUT2D eigenvalue weighted by Gasteiger charge is -2.43. The van der Waals surface area contributed by atoms with Gasteiger partial charge in [0.1, 0.15) is 0 Å². The minimum atomic E-state index is 0. The van der Waals surface area contributed by atoms with Crippen LogP contribution in [-0.2, 0) is 4.79 Å². The van der Waals surface area contributed by atoms with Crippen molar-refractivity contribution in [1.29, 1.82) is 0 Å². The molecule has 1 aliphatic heterocycles. The number of nitrogens with zero attached hydrogens (tertiary/aromatic N) is 1. The van der Waals surface area contributed by atoms with E-state index in [-0.39, 0.29) is 18.4 Å². The SMILES string of the molecule is CC(N)CCC(=O)N1CCSC2CCCCC21.Cl. The Hall–Kier alpha value is 0.0700. The second-order valence-electron chi connectivity index (χ2n) is 5.36. The molecule has 1 saturated carbocycles. The van der Waals surface area contributed by atoms with Crippen molar-refractivity contribution >= 4 is 30.1 Å². The van der Waals surface area contributed by atoms with Crippen LogP contribution >= 0.6 is 24.2 Å². The second-order valence-corrected chi connectivity index (χ2v) is 6.71. The summed E-state index contributed by atoms with van der Waals surface area (Å²) >= 11 is 2.07. The molecule has 2 fully saturated rings. The first-order chi connectivity index (χ1) is 8.18. The number of hydrogen-bond donors (Lipinski definition) is 1. The molecule has 0 spiro atoms. The lowest BCUT2D eigenvalue weighted by atomic mass is 9.93. The van der Waals surface area contributed by atoms with Crippen LogP contribution < -0.4 is 5.73 Å². The standard InChI is InChI=1S/C13H24N2OS.ClH/c1-10(14)6-7-13(16)15-8-9-17-12-5-3-2-4-11(12)15;/h10-12H,2-9,14H2,1H3;1H. The van der Waals surface area contributed by atoms with Gasteiger partial charge in [0.25, 0.3) is 0 Å². The fourth-order valence-corrected chi connectivity index (χ4v) is 4.34. The molecule has 3 atom stereocenters. The van der Waals surface area contributed by atoms with E-state index in [9.17, 15) is 4.79 Å². The van der Waals surface area contributed by atoms with Gasteiger partial charge in [0, 0.05) is 36.1 Å². The van der Waals surface area contributed by atoms with Crippen molar-refractivity contribution in [3.05, 3.63) is 0 Å². The summed E-state index contributed by atoms with van der Waals surface area (Å²) in [5.41, 5.74) is 5.73. The molecule has 0 radical (unpaired) electrons. The van der Waals surface area contributed by atoms with Gasteiger partial charge >= 0.3 is 0 Å². The molecular formula is C13H25ClN2OS. The van der Waals surface area contributed by atoms with E-state index in [1.807, 2.05) is 6.92 Å². The summed E-state index contributed by atoms with van der Waals surface area (Å²) in [6.07, 6.45) is 6.59. The lowest BCUT2D eigenvalue weighted by molar-refractivity contribution is -0.134. The molecule has 1 saturated heterocycles. The maximum absolute atomic E-state index is 12.2. The summed E-state index contributed by atoms with van der Waals surface area (Å²) in [5, 5.41) is 0.705. The molecule has 5 heteroatoms. The number of carbonyl (C=O) groups excluding carboxylic acids is 1. The normalized spacial score (nSPS) is 29.1. The number of hydrogen-bond acceptors (Lipinski definition) is 3. The maximum Gasteiger partial charge on any atom is 0.222 e. The Morgan fingerprint density at radius 3 is 2.89 bits per heavy atom. The highest BCUT2D eigenvalue weighted by atomic mass is 35.5. The highest BCUT2D eigenvalue weighted by Crippen LogP contribution is 2.35. The van der Waals surface area contributed by atoms with Crippen LogP contribution in [0.1, 0.15) is 45.4 Å². The smallest absolute Gasteiger partial charge is 0.222 e. The third kappa shape index (κ3) is 4.04. The minimum absolute atomic E-state index is 0. The van der Waals surface area contributed by atoms with Gasteiger partial charge in [0.05, 0.1) is 0 Å². The van der Waals surface area contributed by atoms with Gasteiger partial charge in [-0.2, -0.15) is 11.8 Å². The Morgan fingerprint density at radius 2 is 2.17 bits per heavy atom. The number of rotatable bonds is 3. The second kappa shape index (κ2) is 7.61. The average Bonchev–Trinajstić information content (AvgIpc) is 2.35. The van der Waals surface area contributed by atoms with Gasteiger partial charge in [-0.1, -0.05) is 12.8 Å². The van der Waals surface area contributed by atoms with Gasteiger partial charge in [-0.05, 0) is 26.2 Å². The molecule has 3 unspecified atom stereocenters. The van der Waals surface area contributed by atoms with Crippen LogP contribution in [0.2, 0.25) is 0 Å². The number of nitrogens with two attached hydrogens (primary N) is 1. The maximum atomic E-state index is 12.2. The molecule has 0 aromatic heterocycles. The molecule has 1 heterocycles. The van der Waals surface area contributed by atoms with Gasteiger partial charge in [0.2, 0.25) is 5.91 Å². The van der Waals surface area contributed by atoms with Crippen LogP contribution in [0.5, 0.6) is 0 Å². The summed E-state index contributed by atoms with van der Waals surface area (Å²) in [6.45, 7) is 2.92. The highest BCUT2D eigenvalue weighted by molar-refractivity contribution is 8.00. The molecule has 2 aliphatic rings. The Kier molecular flexibility index (Phi) is 6.82. The third-order valence-corrected chi connectivity index (χ3v) is 5.26. The first-order valence-corrected chi connectivity index (χ1v) is 7.90. The molecule has 1 aliphatic carbocycles. The van der Waals surface area contributed by atoms with Gasteiger partial charge in [-0.25, -0.2) is 0 Å². The van der Waals surface area contributed by atoms with Crippen molar-refractivity contribution in [1.82, 2.24) is 4.90 Å². The van der Waals surface area contributed by atoms with Gasteiger partial charge in [-0.3, -0.25) is 4.79 Å². The van der Waals surface area contributed by atoms with E-state index in [0.29, 0.717) is 23.6 Å². The molecule has 18 heavy (non-hydrogen) atoms. The third-order valence-electron chi connectivity index (χ3n) is 3.87. The van der Waals surface area contributed by atoms with Crippen molar-refractivity contribution in [2.45, 2.75) is 62.8 Å². The number of amides is 1. The van der Waals surface area contributed by atoms with Crippen molar-refractivity contribution in [2.75, 3.05) is 12.3 Å².